The van der Waals surface area contributed by atoms with Gasteiger partial charge in [0.1, 0.15) is 12.1 Å². The molecule has 0 bridgehead atoms. The number of nitrogens with one attached hydrogen (secondary N) is 1. The molecular weight excluding hydrogens is 300 g/mol. The van der Waals surface area contributed by atoms with E-state index < -0.39 is 0 Å². The van der Waals surface area contributed by atoms with Crippen LogP contribution in [0.15, 0.2) is 18.5 Å². The zero-order chi connectivity index (χ0) is 16.7. The Morgan fingerprint density at radius 2 is 1.88 bits per heavy atom. The van der Waals surface area contributed by atoms with Crippen molar-refractivity contribution in [1.82, 2.24) is 25.1 Å². The molecule has 2 fully saturated rings. The summed E-state index contributed by atoms with van der Waals surface area (Å²) in [5.41, 5.74) is 3.43. The molecule has 0 aromatic carbocycles. The predicted octanol–water partition coefficient (Wildman–Crippen LogP) is 2.20. The summed E-state index contributed by atoms with van der Waals surface area (Å²) < 4.78 is 0. The van der Waals surface area contributed by atoms with Crippen LogP contribution in [0, 0.1) is 18.8 Å². The monoisotopic (exact) mass is 326 g/mol. The van der Waals surface area contributed by atoms with E-state index in [0.29, 0.717) is 5.92 Å². The Balaban J connectivity index is 1.38. The van der Waals surface area contributed by atoms with Gasteiger partial charge in [0.05, 0.1) is 5.69 Å². The summed E-state index contributed by atoms with van der Waals surface area (Å²) in [6, 6.07) is 4.31. The van der Waals surface area contributed by atoms with Gasteiger partial charge in [-0.2, -0.15) is 5.10 Å². The first-order valence-corrected chi connectivity index (χ1v) is 8.88. The van der Waals surface area contributed by atoms with E-state index in [1.54, 1.807) is 6.33 Å². The van der Waals surface area contributed by atoms with Crippen molar-refractivity contribution in [2.24, 2.45) is 11.8 Å². The molecule has 2 aromatic rings. The third-order valence-electron chi connectivity index (χ3n) is 5.30. The molecule has 2 aliphatic heterocycles. The smallest absolute Gasteiger partial charge is 0.132 e. The van der Waals surface area contributed by atoms with Crippen LogP contribution in [0.1, 0.15) is 36.8 Å². The van der Waals surface area contributed by atoms with Gasteiger partial charge >= 0.3 is 0 Å². The van der Waals surface area contributed by atoms with E-state index in [4.69, 9.17) is 0 Å². The van der Waals surface area contributed by atoms with E-state index in [0.717, 1.165) is 67.5 Å². The minimum absolute atomic E-state index is 0.446. The quantitative estimate of drug-likeness (QED) is 0.933. The molecule has 0 radical (unpaired) electrons. The number of aromatic nitrogens is 4. The van der Waals surface area contributed by atoms with Gasteiger partial charge < -0.3 is 4.90 Å². The van der Waals surface area contributed by atoms with Gasteiger partial charge in [-0.05, 0) is 30.7 Å². The molecule has 4 rings (SSSR count). The summed E-state index contributed by atoms with van der Waals surface area (Å²) in [6.07, 6.45) is 1.71. The zero-order valence-electron chi connectivity index (χ0n) is 14.7. The van der Waals surface area contributed by atoms with Gasteiger partial charge in [0.25, 0.3) is 0 Å². The van der Waals surface area contributed by atoms with Crippen molar-refractivity contribution in [3.63, 3.8) is 0 Å². The van der Waals surface area contributed by atoms with Crippen molar-refractivity contribution in [1.29, 1.82) is 0 Å². The summed E-state index contributed by atoms with van der Waals surface area (Å²) in [5, 5.41) is 7.40. The SMILES string of the molecule is Cc1cc(CN2CC3CN(c4cc(C(C)C)ncn4)CC3C2)n[nH]1. The Labute approximate surface area is 143 Å². The fourth-order valence-corrected chi connectivity index (χ4v) is 4.04. The molecule has 2 atom stereocenters. The number of hydrogen-bond acceptors (Lipinski definition) is 5. The van der Waals surface area contributed by atoms with E-state index in [-0.39, 0.29) is 0 Å². The van der Waals surface area contributed by atoms with Crippen molar-refractivity contribution in [3.8, 4) is 0 Å². The van der Waals surface area contributed by atoms with E-state index in [1.807, 2.05) is 0 Å². The van der Waals surface area contributed by atoms with E-state index in [2.05, 4.69) is 62.9 Å². The summed E-state index contributed by atoms with van der Waals surface area (Å²) in [4.78, 5) is 13.9. The molecule has 2 unspecified atom stereocenters. The molecule has 2 aliphatic rings. The molecule has 2 aromatic heterocycles. The third-order valence-corrected chi connectivity index (χ3v) is 5.30. The van der Waals surface area contributed by atoms with Crippen LogP contribution in [0.25, 0.3) is 0 Å². The maximum Gasteiger partial charge on any atom is 0.132 e. The van der Waals surface area contributed by atoms with Crippen molar-refractivity contribution in [2.75, 3.05) is 31.1 Å². The maximum absolute atomic E-state index is 4.51. The number of H-pyrrole nitrogens is 1. The number of anilines is 1. The molecule has 0 amide bonds. The Kier molecular flexibility index (Phi) is 4.00. The Bertz CT molecular complexity index is 695. The van der Waals surface area contributed by atoms with Crippen LogP contribution in [0.5, 0.6) is 0 Å². The Morgan fingerprint density at radius 3 is 2.50 bits per heavy atom. The number of nitrogens with zero attached hydrogens (tertiary/aromatic N) is 5. The van der Waals surface area contributed by atoms with Crippen molar-refractivity contribution in [3.05, 3.63) is 35.5 Å². The lowest BCUT2D eigenvalue weighted by Gasteiger charge is -2.22. The lowest BCUT2D eigenvalue weighted by molar-refractivity contribution is 0.305. The van der Waals surface area contributed by atoms with Crippen LogP contribution in [0.3, 0.4) is 0 Å². The molecule has 0 aliphatic carbocycles. The molecular formula is C18H26N6. The maximum atomic E-state index is 4.51. The van der Waals surface area contributed by atoms with Crippen LogP contribution < -0.4 is 4.90 Å². The summed E-state index contributed by atoms with van der Waals surface area (Å²) in [6.45, 7) is 11.9. The summed E-state index contributed by atoms with van der Waals surface area (Å²) >= 11 is 0. The van der Waals surface area contributed by atoms with Gasteiger partial charge in [0.2, 0.25) is 0 Å². The minimum Gasteiger partial charge on any atom is -0.356 e. The topological polar surface area (TPSA) is 60.9 Å². The Morgan fingerprint density at radius 1 is 1.12 bits per heavy atom. The van der Waals surface area contributed by atoms with Gasteiger partial charge in [-0.3, -0.25) is 10.00 Å². The molecule has 24 heavy (non-hydrogen) atoms. The first-order valence-electron chi connectivity index (χ1n) is 8.88. The predicted molar refractivity (Wildman–Crippen MR) is 93.9 cm³/mol. The molecule has 128 valence electrons. The van der Waals surface area contributed by atoms with Crippen LogP contribution in [0.2, 0.25) is 0 Å². The molecule has 1 N–H and O–H groups in total. The average Bonchev–Trinajstić information content (AvgIpc) is 3.22. The highest BCUT2D eigenvalue weighted by Gasteiger charge is 2.40. The van der Waals surface area contributed by atoms with E-state index in [1.165, 1.54) is 0 Å². The van der Waals surface area contributed by atoms with Gasteiger partial charge in [-0.25, -0.2) is 9.97 Å². The van der Waals surface area contributed by atoms with Gasteiger partial charge in [-0.1, -0.05) is 13.8 Å². The molecule has 0 spiro atoms. The molecule has 6 nitrogen and oxygen atoms in total. The molecule has 4 heterocycles. The number of rotatable bonds is 4. The normalized spacial score (nSPS) is 24.1. The highest BCUT2D eigenvalue weighted by molar-refractivity contribution is 5.41. The molecule has 0 saturated carbocycles. The largest absolute Gasteiger partial charge is 0.356 e. The van der Waals surface area contributed by atoms with Gasteiger partial charge in [-0.15, -0.1) is 0 Å². The highest BCUT2D eigenvalue weighted by atomic mass is 15.3. The number of likely N-dealkylation sites (tertiary alicyclic amines) is 1. The highest BCUT2D eigenvalue weighted by Crippen LogP contribution is 2.34. The van der Waals surface area contributed by atoms with Crippen LogP contribution in [0.4, 0.5) is 5.82 Å². The van der Waals surface area contributed by atoms with Crippen molar-refractivity contribution >= 4 is 5.82 Å². The fourth-order valence-electron chi connectivity index (χ4n) is 4.04. The van der Waals surface area contributed by atoms with Crippen LogP contribution in [-0.2, 0) is 6.54 Å². The third kappa shape index (κ3) is 3.02. The first-order chi connectivity index (χ1) is 11.6. The molecule has 2 saturated heterocycles. The standard InChI is InChI=1S/C18H26N6/c1-12(2)17-5-18(20-11-19-17)24-8-14-6-23(7-15(14)9-24)10-16-4-13(3)21-22-16/h4-5,11-12,14-15H,6-10H2,1-3H3,(H,21,22). The number of fused-ring (bicyclic) bond motifs is 1. The van der Waals surface area contributed by atoms with E-state index >= 15 is 0 Å². The lowest BCUT2D eigenvalue weighted by Crippen LogP contribution is -2.29. The first kappa shape index (κ1) is 15.6. The van der Waals surface area contributed by atoms with Gasteiger partial charge in [0, 0.05) is 50.2 Å². The zero-order valence-corrected chi connectivity index (χ0v) is 14.7. The lowest BCUT2D eigenvalue weighted by atomic mass is 10.0. The summed E-state index contributed by atoms with van der Waals surface area (Å²) in [7, 11) is 0. The Hall–Kier alpha value is -1.95. The van der Waals surface area contributed by atoms with E-state index in [9.17, 15) is 0 Å². The number of aryl methyl sites for hydroxylation is 1. The van der Waals surface area contributed by atoms with Gasteiger partial charge in [0.15, 0.2) is 0 Å². The summed E-state index contributed by atoms with van der Waals surface area (Å²) in [5.74, 6) is 3.02. The fraction of sp³-hybridized carbons (Fsp3) is 0.611. The van der Waals surface area contributed by atoms with Crippen LogP contribution in [-0.4, -0.2) is 51.2 Å². The molecule has 6 heteroatoms. The second-order valence-corrected chi connectivity index (χ2v) is 7.62. The van der Waals surface area contributed by atoms with Crippen molar-refractivity contribution in [2.45, 2.75) is 33.2 Å². The van der Waals surface area contributed by atoms with Crippen molar-refractivity contribution < 1.29 is 0 Å². The number of hydrogen-bond donors (Lipinski definition) is 1. The average molecular weight is 326 g/mol. The minimum atomic E-state index is 0.446. The second-order valence-electron chi connectivity index (χ2n) is 7.62. The second kappa shape index (κ2) is 6.16. The number of aromatic amines is 1. The van der Waals surface area contributed by atoms with Crippen LogP contribution >= 0.6 is 0 Å².